The zero-order valence-electron chi connectivity index (χ0n) is 26.9. The Morgan fingerprint density at radius 2 is 1.27 bits per heavy atom. The van der Waals surface area contributed by atoms with Crippen molar-refractivity contribution in [1.29, 1.82) is 0 Å². The van der Waals surface area contributed by atoms with E-state index in [9.17, 15) is 0 Å². The summed E-state index contributed by atoms with van der Waals surface area (Å²) in [6.07, 6.45) is 20.3. The summed E-state index contributed by atoms with van der Waals surface area (Å²) < 4.78 is 5.14. The van der Waals surface area contributed by atoms with Crippen LogP contribution in [-0.2, 0) is 12.8 Å². The van der Waals surface area contributed by atoms with Crippen LogP contribution in [0.25, 0.3) is 61.6 Å². The molecule has 2 nitrogen and oxygen atoms in total. The van der Waals surface area contributed by atoms with Crippen molar-refractivity contribution in [2.24, 2.45) is 0 Å². The highest BCUT2D eigenvalue weighted by Crippen LogP contribution is 2.41. The maximum absolute atomic E-state index is 2.63. The summed E-state index contributed by atoms with van der Waals surface area (Å²) in [5.41, 5.74) is 14.9. The molecule has 0 aliphatic heterocycles. The average Bonchev–Trinajstić information content (AvgIpc) is 3.67. The van der Waals surface area contributed by atoms with Crippen LogP contribution in [-0.4, -0.2) is 9.13 Å². The molecular formula is C46H36N2. The fraction of sp³-hybridized carbons (Fsp3) is 0.130. The molecule has 230 valence electrons. The number of hydrogen-bond donors (Lipinski definition) is 0. The van der Waals surface area contributed by atoms with E-state index in [1.165, 1.54) is 77.4 Å². The number of fused-ring (bicyclic) bond motifs is 7. The Morgan fingerprint density at radius 3 is 2.12 bits per heavy atom. The van der Waals surface area contributed by atoms with Gasteiger partial charge < -0.3 is 9.13 Å². The van der Waals surface area contributed by atoms with Crippen LogP contribution in [0.3, 0.4) is 0 Å². The van der Waals surface area contributed by atoms with Gasteiger partial charge in [-0.1, -0.05) is 127 Å². The summed E-state index contributed by atoms with van der Waals surface area (Å²) in [6, 6.07) is 43.7. The van der Waals surface area contributed by atoms with Gasteiger partial charge in [-0.15, -0.1) is 0 Å². The predicted octanol–water partition coefficient (Wildman–Crippen LogP) is 11.8. The number of rotatable bonds is 4. The van der Waals surface area contributed by atoms with Crippen molar-refractivity contribution in [2.75, 3.05) is 0 Å². The van der Waals surface area contributed by atoms with E-state index in [2.05, 4.69) is 167 Å². The predicted molar refractivity (Wildman–Crippen MR) is 203 cm³/mol. The fourth-order valence-electron chi connectivity index (χ4n) is 8.61. The molecule has 0 radical (unpaired) electrons. The first kappa shape index (κ1) is 27.5. The Labute approximate surface area is 281 Å². The topological polar surface area (TPSA) is 9.86 Å². The van der Waals surface area contributed by atoms with Crippen molar-refractivity contribution in [3.63, 3.8) is 0 Å². The van der Waals surface area contributed by atoms with Crippen molar-refractivity contribution in [3.8, 4) is 11.1 Å². The molecule has 0 amide bonds. The van der Waals surface area contributed by atoms with E-state index in [4.69, 9.17) is 0 Å². The minimum Gasteiger partial charge on any atom is -0.337 e. The molecule has 7 aromatic rings. The zero-order valence-corrected chi connectivity index (χ0v) is 26.9. The minimum absolute atomic E-state index is 0.338. The van der Waals surface area contributed by atoms with Crippen molar-refractivity contribution in [1.82, 2.24) is 9.13 Å². The standard InChI is InChI=1S/C46H36N2/c1-2-12-37(13-3-1)47-43-16-8-6-14-39(43)41-29-35(23-26-45(41)47)32-18-20-33(21-19-32)36-24-27-46-42(30-36)40-15-7-9-17-44(40)48(46)38-25-22-31-10-4-5-11-34(31)28-38/h1-12,14-23,25-26,29-30,37-38H,13,24,27-28H2. The van der Waals surface area contributed by atoms with Gasteiger partial charge in [0, 0.05) is 44.0 Å². The van der Waals surface area contributed by atoms with Gasteiger partial charge in [-0.2, -0.15) is 0 Å². The molecule has 2 aromatic heterocycles. The van der Waals surface area contributed by atoms with E-state index in [-0.39, 0.29) is 0 Å². The van der Waals surface area contributed by atoms with Crippen LogP contribution in [0.2, 0.25) is 0 Å². The van der Waals surface area contributed by atoms with E-state index < -0.39 is 0 Å². The molecule has 2 atom stereocenters. The molecule has 0 fully saturated rings. The summed E-state index contributed by atoms with van der Waals surface area (Å²) >= 11 is 0. The highest BCUT2D eigenvalue weighted by molar-refractivity contribution is 6.09. The van der Waals surface area contributed by atoms with Gasteiger partial charge in [-0.3, -0.25) is 0 Å². The van der Waals surface area contributed by atoms with Crippen LogP contribution >= 0.6 is 0 Å². The lowest BCUT2D eigenvalue weighted by atomic mass is 9.90. The van der Waals surface area contributed by atoms with Crippen LogP contribution in [0.15, 0.2) is 146 Å². The molecule has 3 aliphatic carbocycles. The molecule has 0 N–H and O–H groups in total. The number of allylic oxidation sites excluding steroid dienone is 6. The molecule has 0 saturated heterocycles. The Bertz CT molecular complexity index is 2510. The van der Waals surface area contributed by atoms with Gasteiger partial charge in [0.2, 0.25) is 0 Å². The Morgan fingerprint density at radius 1 is 0.542 bits per heavy atom. The van der Waals surface area contributed by atoms with Gasteiger partial charge >= 0.3 is 0 Å². The zero-order chi connectivity index (χ0) is 31.6. The van der Waals surface area contributed by atoms with Crippen LogP contribution in [0.1, 0.15) is 52.9 Å². The molecule has 0 saturated carbocycles. The molecule has 0 spiro atoms. The SMILES string of the molecule is C1=CCC(n2c3ccccc3c3cc(-c4ccc(C5=Cc6c(n(C7C=Cc8ccccc8C7)c7ccccc67)CC5)cc4)ccc32)C=C1. The second-order valence-corrected chi connectivity index (χ2v) is 13.6. The van der Waals surface area contributed by atoms with E-state index in [0.717, 1.165) is 25.7 Å². The molecular weight excluding hydrogens is 581 g/mol. The van der Waals surface area contributed by atoms with E-state index >= 15 is 0 Å². The molecule has 2 heterocycles. The van der Waals surface area contributed by atoms with Crippen molar-refractivity contribution in [3.05, 3.63) is 174 Å². The van der Waals surface area contributed by atoms with Crippen molar-refractivity contribution in [2.45, 2.75) is 37.8 Å². The summed E-state index contributed by atoms with van der Waals surface area (Å²) in [6.45, 7) is 0. The van der Waals surface area contributed by atoms with Gasteiger partial charge in [-0.05, 0) is 89.4 Å². The lowest BCUT2D eigenvalue weighted by molar-refractivity contribution is 0.590. The first-order chi connectivity index (χ1) is 23.8. The van der Waals surface area contributed by atoms with Gasteiger partial charge in [-0.25, -0.2) is 0 Å². The summed E-state index contributed by atoms with van der Waals surface area (Å²) in [5.74, 6) is 0. The average molecular weight is 617 g/mol. The molecule has 2 unspecified atom stereocenters. The lowest BCUT2D eigenvalue weighted by Crippen LogP contribution is -2.16. The minimum atomic E-state index is 0.338. The summed E-state index contributed by atoms with van der Waals surface area (Å²) in [7, 11) is 0. The summed E-state index contributed by atoms with van der Waals surface area (Å²) in [4.78, 5) is 0. The Hall–Kier alpha value is -5.60. The van der Waals surface area contributed by atoms with Gasteiger partial charge in [0.25, 0.3) is 0 Å². The first-order valence-corrected chi connectivity index (χ1v) is 17.4. The van der Waals surface area contributed by atoms with Crippen LogP contribution in [0, 0.1) is 0 Å². The highest BCUT2D eigenvalue weighted by atomic mass is 15.0. The Balaban J connectivity index is 0.999. The molecule has 0 bridgehead atoms. The number of para-hydroxylation sites is 2. The van der Waals surface area contributed by atoms with Crippen LogP contribution in [0.5, 0.6) is 0 Å². The van der Waals surface area contributed by atoms with E-state index in [1.54, 1.807) is 0 Å². The largest absolute Gasteiger partial charge is 0.337 e. The molecule has 10 rings (SSSR count). The second-order valence-electron chi connectivity index (χ2n) is 13.6. The maximum Gasteiger partial charge on any atom is 0.0563 e. The third-order valence-corrected chi connectivity index (χ3v) is 10.9. The second kappa shape index (κ2) is 11.0. The van der Waals surface area contributed by atoms with E-state index in [0.29, 0.717) is 12.1 Å². The lowest BCUT2D eigenvalue weighted by Gasteiger charge is -2.26. The van der Waals surface area contributed by atoms with Gasteiger partial charge in [0.1, 0.15) is 0 Å². The normalized spacial score (nSPS) is 18.4. The first-order valence-electron chi connectivity index (χ1n) is 17.4. The monoisotopic (exact) mass is 616 g/mol. The Kier molecular flexibility index (Phi) is 6.30. The van der Waals surface area contributed by atoms with Crippen molar-refractivity contribution >= 4 is 50.4 Å². The number of hydrogen-bond acceptors (Lipinski definition) is 0. The van der Waals surface area contributed by atoms with Gasteiger partial charge in [0.15, 0.2) is 0 Å². The molecule has 48 heavy (non-hydrogen) atoms. The number of nitrogens with zero attached hydrogens (tertiary/aromatic N) is 2. The highest BCUT2D eigenvalue weighted by Gasteiger charge is 2.26. The maximum atomic E-state index is 2.63. The quantitative estimate of drug-likeness (QED) is 0.186. The third-order valence-electron chi connectivity index (χ3n) is 10.9. The van der Waals surface area contributed by atoms with Crippen LogP contribution in [0.4, 0.5) is 0 Å². The number of aromatic nitrogens is 2. The molecule has 5 aromatic carbocycles. The van der Waals surface area contributed by atoms with Crippen LogP contribution < -0.4 is 0 Å². The fourth-order valence-corrected chi connectivity index (χ4v) is 8.61. The third kappa shape index (κ3) is 4.33. The molecule has 3 aliphatic rings. The van der Waals surface area contributed by atoms with Gasteiger partial charge in [0.05, 0.1) is 12.1 Å². The smallest absolute Gasteiger partial charge is 0.0563 e. The molecule has 2 heteroatoms. The van der Waals surface area contributed by atoms with Crippen molar-refractivity contribution < 1.29 is 0 Å². The summed E-state index contributed by atoms with van der Waals surface area (Å²) in [5, 5.41) is 4.01. The van der Waals surface area contributed by atoms with E-state index in [1.807, 2.05) is 0 Å². The number of benzene rings is 5.